The molecule has 0 radical (unpaired) electrons. The Bertz CT molecular complexity index is 808. The second-order valence-electron chi connectivity index (χ2n) is 6.75. The molecule has 2 heterocycles. The Morgan fingerprint density at radius 2 is 1.86 bits per heavy atom. The number of ether oxygens (including phenoxy) is 1. The number of alkyl halides is 3. The van der Waals surface area contributed by atoms with E-state index in [1.165, 1.54) is 12.1 Å². The topological polar surface area (TPSA) is 68.7 Å². The fourth-order valence-electron chi connectivity index (χ4n) is 3.24. The van der Waals surface area contributed by atoms with E-state index in [0.29, 0.717) is 36.6 Å². The average Bonchev–Trinajstić information content (AvgIpc) is 3.34. The molecule has 0 aliphatic carbocycles. The van der Waals surface area contributed by atoms with Crippen LogP contribution in [0.1, 0.15) is 31.1 Å². The maximum absolute atomic E-state index is 12.7. The Morgan fingerprint density at radius 3 is 2.41 bits per heavy atom. The summed E-state index contributed by atoms with van der Waals surface area (Å²) in [5.74, 6) is 0.900. The zero-order valence-electron chi connectivity index (χ0n) is 15.9. The van der Waals surface area contributed by atoms with Crippen molar-refractivity contribution in [3.8, 4) is 11.3 Å². The molecule has 0 saturated carbocycles. The van der Waals surface area contributed by atoms with Crippen molar-refractivity contribution in [3.05, 3.63) is 47.7 Å². The second-order valence-corrected chi connectivity index (χ2v) is 6.75. The molecule has 0 spiro atoms. The molecule has 0 unspecified atom stereocenters. The molecule has 2 N–H and O–H groups in total. The van der Waals surface area contributed by atoms with E-state index in [9.17, 15) is 18.0 Å². The van der Waals surface area contributed by atoms with Gasteiger partial charge in [0.25, 0.3) is 5.91 Å². The summed E-state index contributed by atoms with van der Waals surface area (Å²) in [7, 11) is 0. The minimum Gasteiger partial charge on any atom is -0.459 e. The Balaban J connectivity index is 0.00000300. The van der Waals surface area contributed by atoms with E-state index in [2.05, 4.69) is 0 Å². The number of likely N-dealkylation sites (N-methyl/N-ethyl adjacent to an activating group) is 1. The minimum atomic E-state index is -4.37. The Labute approximate surface area is 173 Å². The van der Waals surface area contributed by atoms with Gasteiger partial charge in [0.05, 0.1) is 18.2 Å². The van der Waals surface area contributed by atoms with Crippen molar-refractivity contribution in [2.75, 3.05) is 13.1 Å². The van der Waals surface area contributed by atoms with Crippen molar-refractivity contribution in [3.63, 3.8) is 0 Å². The molecule has 1 aromatic carbocycles. The number of halogens is 4. The summed E-state index contributed by atoms with van der Waals surface area (Å²) in [5.41, 5.74) is 5.42. The molecule has 1 amide bonds. The van der Waals surface area contributed by atoms with Crippen LogP contribution in [0.4, 0.5) is 13.2 Å². The molecule has 5 nitrogen and oxygen atoms in total. The van der Waals surface area contributed by atoms with Crippen LogP contribution in [0.25, 0.3) is 11.3 Å². The number of nitrogens with two attached hydrogens (primary N) is 1. The van der Waals surface area contributed by atoms with Crippen LogP contribution in [0.5, 0.6) is 0 Å². The quantitative estimate of drug-likeness (QED) is 0.741. The van der Waals surface area contributed by atoms with Gasteiger partial charge in [0, 0.05) is 18.7 Å². The third-order valence-corrected chi connectivity index (χ3v) is 4.84. The highest BCUT2D eigenvalue weighted by Crippen LogP contribution is 2.31. The lowest BCUT2D eigenvalue weighted by molar-refractivity contribution is -0.143. The van der Waals surface area contributed by atoms with E-state index in [4.69, 9.17) is 14.9 Å². The number of nitrogens with zero attached hydrogens (tertiary/aromatic N) is 1. The molecule has 2 aromatic rings. The SMILES string of the molecule is CCN(Cc1ccc(-c2ccc(C(F)(F)F)cc2)o1)C(=O)[C@@H]1CC[C@H](CN)O1.Cl. The largest absolute Gasteiger partial charge is 0.459 e. The predicted octanol–water partition coefficient (Wildman–Crippen LogP) is 4.24. The van der Waals surface area contributed by atoms with Crippen molar-refractivity contribution in [1.82, 2.24) is 4.90 Å². The molecule has 160 valence electrons. The van der Waals surface area contributed by atoms with E-state index in [-0.39, 0.29) is 31.0 Å². The number of rotatable bonds is 6. The van der Waals surface area contributed by atoms with Gasteiger partial charge in [0.2, 0.25) is 0 Å². The fourth-order valence-corrected chi connectivity index (χ4v) is 3.24. The lowest BCUT2D eigenvalue weighted by Crippen LogP contribution is -2.39. The molecule has 29 heavy (non-hydrogen) atoms. The predicted molar refractivity (Wildman–Crippen MR) is 104 cm³/mol. The monoisotopic (exact) mass is 432 g/mol. The van der Waals surface area contributed by atoms with Gasteiger partial charge in [0.15, 0.2) is 0 Å². The van der Waals surface area contributed by atoms with Gasteiger partial charge in [0.1, 0.15) is 17.6 Å². The smallest absolute Gasteiger partial charge is 0.416 e. The van der Waals surface area contributed by atoms with Crippen LogP contribution in [0.2, 0.25) is 0 Å². The van der Waals surface area contributed by atoms with Crippen molar-refractivity contribution < 1.29 is 27.1 Å². The zero-order chi connectivity index (χ0) is 20.3. The maximum Gasteiger partial charge on any atom is 0.416 e. The molecule has 1 saturated heterocycles. The number of hydrogen-bond donors (Lipinski definition) is 1. The third kappa shape index (κ3) is 5.52. The van der Waals surface area contributed by atoms with Gasteiger partial charge in [-0.25, -0.2) is 0 Å². The molecular weight excluding hydrogens is 409 g/mol. The highest BCUT2D eigenvalue weighted by molar-refractivity contribution is 5.85. The molecule has 1 aliphatic heterocycles. The van der Waals surface area contributed by atoms with Crippen LogP contribution < -0.4 is 5.73 Å². The van der Waals surface area contributed by atoms with Crippen LogP contribution in [0.15, 0.2) is 40.8 Å². The van der Waals surface area contributed by atoms with Crippen LogP contribution in [0, 0.1) is 0 Å². The maximum atomic E-state index is 12.7. The Kier molecular flexibility index (Phi) is 7.73. The van der Waals surface area contributed by atoms with Gasteiger partial charge < -0.3 is 19.8 Å². The summed E-state index contributed by atoms with van der Waals surface area (Å²) in [6.45, 7) is 3.02. The first kappa shape index (κ1) is 23.3. The van der Waals surface area contributed by atoms with Crippen LogP contribution in [-0.2, 0) is 22.3 Å². The lowest BCUT2D eigenvalue weighted by Gasteiger charge is -2.23. The van der Waals surface area contributed by atoms with Crippen LogP contribution in [-0.4, -0.2) is 36.1 Å². The first-order chi connectivity index (χ1) is 13.3. The average molecular weight is 433 g/mol. The van der Waals surface area contributed by atoms with Gasteiger partial charge in [-0.15, -0.1) is 12.4 Å². The number of carbonyl (C=O) groups is 1. The number of hydrogen-bond acceptors (Lipinski definition) is 4. The molecule has 9 heteroatoms. The van der Waals surface area contributed by atoms with Crippen LogP contribution in [0.3, 0.4) is 0 Å². The van der Waals surface area contributed by atoms with Crippen molar-refractivity contribution in [1.29, 1.82) is 0 Å². The lowest BCUT2D eigenvalue weighted by atomic mass is 10.1. The third-order valence-electron chi connectivity index (χ3n) is 4.84. The van der Waals surface area contributed by atoms with E-state index in [1.54, 1.807) is 17.0 Å². The van der Waals surface area contributed by atoms with Crippen molar-refractivity contribution in [2.45, 2.75) is 44.7 Å². The number of amides is 1. The zero-order valence-corrected chi connectivity index (χ0v) is 16.8. The van der Waals surface area contributed by atoms with Gasteiger partial charge in [-0.2, -0.15) is 13.2 Å². The van der Waals surface area contributed by atoms with E-state index >= 15 is 0 Å². The summed E-state index contributed by atoms with van der Waals surface area (Å²) in [6.07, 6.45) is -3.53. The fraction of sp³-hybridized carbons (Fsp3) is 0.450. The van der Waals surface area contributed by atoms with Gasteiger partial charge >= 0.3 is 6.18 Å². The normalized spacial score (nSPS) is 19.1. The van der Waals surface area contributed by atoms with Crippen molar-refractivity contribution >= 4 is 18.3 Å². The molecule has 3 rings (SSSR count). The Morgan fingerprint density at radius 1 is 1.17 bits per heavy atom. The summed E-state index contributed by atoms with van der Waals surface area (Å²) in [6, 6.07) is 8.18. The minimum absolute atomic E-state index is 0. The highest BCUT2D eigenvalue weighted by Gasteiger charge is 2.33. The summed E-state index contributed by atoms with van der Waals surface area (Å²) in [4.78, 5) is 14.3. The first-order valence-corrected chi connectivity index (χ1v) is 9.22. The molecule has 2 atom stereocenters. The van der Waals surface area contributed by atoms with E-state index in [1.807, 2.05) is 6.92 Å². The van der Waals surface area contributed by atoms with Gasteiger partial charge in [-0.1, -0.05) is 12.1 Å². The van der Waals surface area contributed by atoms with E-state index < -0.39 is 17.8 Å². The highest BCUT2D eigenvalue weighted by atomic mass is 35.5. The summed E-state index contributed by atoms with van der Waals surface area (Å²) < 4.78 is 49.5. The number of furan rings is 1. The molecule has 0 bridgehead atoms. The Hall–Kier alpha value is -2.03. The van der Waals surface area contributed by atoms with Gasteiger partial charge in [-0.05, 0) is 44.0 Å². The van der Waals surface area contributed by atoms with E-state index in [0.717, 1.165) is 18.6 Å². The van der Waals surface area contributed by atoms with Crippen molar-refractivity contribution in [2.24, 2.45) is 5.73 Å². The number of carbonyl (C=O) groups excluding carboxylic acids is 1. The van der Waals surface area contributed by atoms with Gasteiger partial charge in [-0.3, -0.25) is 4.79 Å². The second kappa shape index (κ2) is 9.65. The van der Waals surface area contributed by atoms with Crippen LogP contribution >= 0.6 is 12.4 Å². The molecule has 1 aromatic heterocycles. The summed E-state index contributed by atoms with van der Waals surface area (Å²) >= 11 is 0. The number of benzene rings is 1. The first-order valence-electron chi connectivity index (χ1n) is 9.22. The molecule has 1 aliphatic rings. The summed E-state index contributed by atoms with van der Waals surface area (Å²) in [5, 5.41) is 0. The molecular formula is C20H24ClF3N2O3. The molecule has 1 fully saturated rings. The standard InChI is InChI=1S/C20H23F3N2O3.ClH/c1-2-25(19(26)18-10-7-15(11-24)27-18)12-16-8-9-17(28-16)13-3-5-14(6-4-13)20(21,22)23;/h3-6,8-9,15,18H,2,7,10-12,24H2,1H3;1H/t15-,18+;/m1./s1.